The van der Waals surface area contributed by atoms with E-state index in [1.54, 1.807) is 12.1 Å². The van der Waals surface area contributed by atoms with Crippen LogP contribution < -0.4 is 0 Å². The Kier molecular flexibility index (Phi) is 2.09. The lowest BCUT2D eigenvalue weighted by molar-refractivity contribution is 0.0597. The molecule has 1 N–H and O–H groups in total. The lowest BCUT2D eigenvalue weighted by Gasteiger charge is -1.96. The van der Waals surface area contributed by atoms with Crippen LogP contribution in [0.5, 0.6) is 5.75 Å². The summed E-state index contributed by atoms with van der Waals surface area (Å²) in [4.78, 5) is 11.3. The Morgan fingerprint density at radius 3 is 3.07 bits per heavy atom. The summed E-state index contributed by atoms with van der Waals surface area (Å²) in [5.74, 6) is -0.477. The van der Waals surface area contributed by atoms with E-state index in [9.17, 15) is 9.90 Å². The first-order chi connectivity index (χ1) is 6.74. The summed E-state index contributed by atoms with van der Waals surface area (Å²) < 4.78 is 9.25. The van der Waals surface area contributed by atoms with Crippen molar-refractivity contribution in [2.75, 3.05) is 7.11 Å². The van der Waals surface area contributed by atoms with Gasteiger partial charge in [0.25, 0.3) is 0 Å². The van der Waals surface area contributed by atoms with Crippen LogP contribution in [-0.2, 0) is 4.74 Å². The molecule has 1 aromatic carbocycles. The van der Waals surface area contributed by atoms with Crippen molar-refractivity contribution in [1.82, 2.24) is 4.37 Å². The Morgan fingerprint density at radius 2 is 2.36 bits per heavy atom. The largest absolute Gasteiger partial charge is 0.507 e. The number of nitrogens with zero attached hydrogens (tertiary/aromatic N) is 1. The van der Waals surface area contributed by atoms with E-state index >= 15 is 0 Å². The van der Waals surface area contributed by atoms with Crippen LogP contribution >= 0.6 is 11.5 Å². The molecule has 1 aromatic heterocycles. The quantitative estimate of drug-likeness (QED) is 0.727. The number of aromatic hydroxyl groups is 1. The molecule has 0 radical (unpaired) electrons. The number of carbonyl (C=O) groups excluding carboxylic acids is 1. The van der Waals surface area contributed by atoms with Gasteiger partial charge in [-0.1, -0.05) is 6.07 Å². The summed E-state index contributed by atoms with van der Waals surface area (Å²) in [5.41, 5.74) is 0.172. The van der Waals surface area contributed by atoms with Gasteiger partial charge in [-0.05, 0) is 23.7 Å². The van der Waals surface area contributed by atoms with Gasteiger partial charge in [0.15, 0.2) is 5.69 Å². The number of methoxy groups -OCH3 is 1. The van der Waals surface area contributed by atoms with Crippen molar-refractivity contribution in [3.8, 4) is 5.75 Å². The third-order valence-corrected chi connectivity index (χ3v) is 2.67. The molecule has 72 valence electrons. The maximum atomic E-state index is 11.3. The number of carbonyl (C=O) groups is 1. The zero-order valence-corrected chi connectivity index (χ0v) is 8.17. The van der Waals surface area contributed by atoms with Crippen LogP contribution in [0.3, 0.4) is 0 Å². The van der Waals surface area contributed by atoms with Crippen LogP contribution in [0.1, 0.15) is 10.5 Å². The molecular formula is C9H7NO3S. The zero-order valence-electron chi connectivity index (χ0n) is 7.35. The number of esters is 1. The van der Waals surface area contributed by atoms with E-state index in [-0.39, 0.29) is 11.4 Å². The van der Waals surface area contributed by atoms with Gasteiger partial charge in [-0.25, -0.2) is 4.79 Å². The van der Waals surface area contributed by atoms with Gasteiger partial charge >= 0.3 is 5.97 Å². The van der Waals surface area contributed by atoms with E-state index in [0.717, 1.165) is 16.2 Å². The van der Waals surface area contributed by atoms with Crippen molar-refractivity contribution in [3.05, 3.63) is 23.9 Å². The van der Waals surface area contributed by atoms with E-state index in [0.29, 0.717) is 5.39 Å². The Labute approximate surface area is 83.9 Å². The third kappa shape index (κ3) is 1.22. The van der Waals surface area contributed by atoms with E-state index in [2.05, 4.69) is 9.11 Å². The minimum absolute atomic E-state index is 0.0525. The van der Waals surface area contributed by atoms with Gasteiger partial charge in [-0.3, -0.25) is 0 Å². The highest BCUT2D eigenvalue weighted by molar-refractivity contribution is 7.13. The second kappa shape index (κ2) is 3.26. The van der Waals surface area contributed by atoms with Gasteiger partial charge in [0, 0.05) is 0 Å². The molecule has 0 bridgehead atoms. The molecule has 4 nitrogen and oxygen atoms in total. The maximum absolute atomic E-state index is 11.3. The molecule has 2 rings (SSSR count). The first kappa shape index (κ1) is 8.96. The second-order valence-electron chi connectivity index (χ2n) is 2.67. The van der Waals surface area contributed by atoms with Gasteiger partial charge in [0.2, 0.25) is 0 Å². The number of phenolic OH excluding ortho intramolecular Hbond substituents is 1. The topological polar surface area (TPSA) is 59.4 Å². The van der Waals surface area contributed by atoms with Crippen molar-refractivity contribution < 1.29 is 14.6 Å². The summed E-state index contributed by atoms with van der Waals surface area (Å²) in [6.45, 7) is 0. The predicted octanol–water partition coefficient (Wildman–Crippen LogP) is 1.79. The second-order valence-corrected chi connectivity index (χ2v) is 3.48. The van der Waals surface area contributed by atoms with Gasteiger partial charge < -0.3 is 9.84 Å². The highest BCUT2D eigenvalue weighted by Gasteiger charge is 2.17. The number of phenols is 1. The van der Waals surface area contributed by atoms with E-state index < -0.39 is 5.97 Å². The lowest BCUT2D eigenvalue weighted by atomic mass is 10.2. The first-order valence-electron chi connectivity index (χ1n) is 3.89. The van der Waals surface area contributed by atoms with Crippen molar-refractivity contribution >= 4 is 27.6 Å². The van der Waals surface area contributed by atoms with E-state index in [1.165, 1.54) is 13.2 Å². The Hall–Kier alpha value is -1.62. The molecule has 0 fully saturated rings. The molecule has 2 aromatic rings. The van der Waals surface area contributed by atoms with Gasteiger partial charge in [-0.15, -0.1) is 0 Å². The number of aromatic nitrogens is 1. The molecule has 0 saturated heterocycles. The molecule has 0 aliphatic heterocycles. The summed E-state index contributed by atoms with van der Waals surface area (Å²) in [6, 6.07) is 5.01. The van der Waals surface area contributed by atoms with Crippen LogP contribution in [0.25, 0.3) is 10.1 Å². The molecule has 14 heavy (non-hydrogen) atoms. The number of hydrogen-bond acceptors (Lipinski definition) is 5. The zero-order chi connectivity index (χ0) is 10.1. The summed E-state index contributed by atoms with van der Waals surface area (Å²) in [6.07, 6.45) is 0. The van der Waals surface area contributed by atoms with E-state index in [1.807, 2.05) is 0 Å². The Morgan fingerprint density at radius 1 is 1.57 bits per heavy atom. The van der Waals surface area contributed by atoms with Crippen LogP contribution in [0.15, 0.2) is 18.2 Å². The highest BCUT2D eigenvalue weighted by Crippen LogP contribution is 2.30. The highest BCUT2D eigenvalue weighted by atomic mass is 32.1. The van der Waals surface area contributed by atoms with Crippen LogP contribution in [-0.4, -0.2) is 22.6 Å². The lowest BCUT2D eigenvalue weighted by Crippen LogP contribution is -2.01. The molecular weight excluding hydrogens is 202 g/mol. The van der Waals surface area contributed by atoms with Gasteiger partial charge in [0.1, 0.15) is 5.75 Å². The summed E-state index contributed by atoms with van der Waals surface area (Å²) in [5, 5.41) is 10.0. The maximum Gasteiger partial charge on any atom is 0.358 e. The molecule has 0 aliphatic rings. The molecule has 0 saturated carbocycles. The average Bonchev–Trinajstić information content (AvgIpc) is 2.62. The Balaban J connectivity index is 2.73. The standard InChI is InChI=1S/C9H7NO3S/c1-13-9(12)8-7-5(11)3-2-4-6(7)14-10-8/h2-4,11H,1H3. The number of fused-ring (bicyclic) bond motifs is 1. The number of ether oxygens (including phenoxy) is 1. The van der Waals surface area contributed by atoms with Crippen LogP contribution in [0, 0.1) is 0 Å². The van der Waals surface area contributed by atoms with Crippen molar-refractivity contribution in [2.24, 2.45) is 0 Å². The average molecular weight is 209 g/mol. The minimum atomic E-state index is -0.530. The molecule has 1 heterocycles. The van der Waals surface area contributed by atoms with Gasteiger partial charge in [-0.2, -0.15) is 4.37 Å². The van der Waals surface area contributed by atoms with Crippen LogP contribution in [0.4, 0.5) is 0 Å². The van der Waals surface area contributed by atoms with Crippen molar-refractivity contribution in [1.29, 1.82) is 0 Å². The predicted molar refractivity (Wildman–Crippen MR) is 52.6 cm³/mol. The minimum Gasteiger partial charge on any atom is -0.507 e. The molecule has 5 heteroatoms. The monoisotopic (exact) mass is 209 g/mol. The smallest absolute Gasteiger partial charge is 0.358 e. The number of rotatable bonds is 1. The molecule has 0 amide bonds. The molecule has 0 unspecified atom stereocenters. The summed E-state index contributed by atoms with van der Waals surface area (Å²) in [7, 11) is 1.29. The molecule has 0 aliphatic carbocycles. The van der Waals surface area contributed by atoms with Crippen molar-refractivity contribution in [2.45, 2.75) is 0 Å². The summed E-state index contributed by atoms with van der Waals surface area (Å²) >= 11 is 1.16. The van der Waals surface area contributed by atoms with Crippen molar-refractivity contribution in [3.63, 3.8) is 0 Å². The fourth-order valence-corrected chi connectivity index (χ4v) is 2.00. The van der Waals surface area contributed by atoms with Gasteiger partial charge in [0.05, 0.1) is 17.2 Å². The SMILES string of the molecule is COC(=O)c1nsc2cccc(O)c12. The molecule has 0 atom stereocenters. The first-order valence-corrected chi connectivity index (χ1v) is 4.67. The number of hydrogen-bond donors (Lipinski definition) is 1. The Bertz CT molecular complexity index is 492. The fourth-order valence-electron chi connectivity index (χ4n) is 1.21. The normalized spacial score (nSPS) is 10.4. The number of benzene rings is 1. The fraction of sp³-hybridized carbons (Fsp3) is 0.111. The van der Waals surface area contributed by atoms with E-state index in [4.69, 9.17) is 0 Å². The van der Waals surface area contributed by atoms with Crippen LogP contribution in [0.2, 0.25) is 0 Å². The molecule has 0 spiro atoms. The third-order valence-electron chi connectivity index (χ3n) is 1.86.